The summed E-state index contributed by atoms with van der Waals surface area (Å²) in [6.45, 7) is 0. The smallest absolute Gasteiger partial charge is 0.257 e. The molecular weight excluding hydrogens is 334 g/mol. The quantitative estimate of drug-likeness (QED) is 0.751. The Hall–Kier alpha value is -3.17. The molecular formula is C19H15N3O2S. The van der Waals surface area contributed by atoms with Gasteiger partial charge in [-0.25, -0.2) is 4.98 Å². The van der Waals surface area contributed by atoms with Crippen LogP contribution < -0.4 is 10.1 Å². The van der Waals surface area contributed by atoms with Crippen LogP contribution in [0.15, 0.2) is 53.9 Å². The van der Waals surface area contributed by atoms with Gasteiger partial charge in [-0.1, -0.05) is 18.2 Å². The maximum absolute atomic E-state index is 12.2. The van der Waals surface area contributed by atoms with Crippen molar-refractivity contribution in [3.05, 3.63) is 65.0 Å². The van der Waals surface area contributed by atoms with Gasteiger partial charge < -0.3 is 4.74 Å². The van der Waals surface area contributed by atoms with Crippen LogP contribution in [-0.4, -0.2) is 18.0 Å². The molecule has 2 aromatic carbocycles. The van der Waals surface area contributed by atoms with Crippen molar-refractivity contribution < 1.29 is 9.53 Å². The predicted molar refractivity (Wildman–Crippen MR) is 97.8 cm³/mol. The zero-order valence-corrected chi connectivity index (χ0v) is 14.3. The Kier molecular flexibility index (Phi) is 5.07. The summed E-state index contributed by atoms with van der Waals surface area (Å²) in [6.07, 6.45) is 0.263. The fourth-order valence-corrected chi connectivity index (χ4v) is 3.10. The normalized spacial score (nSPS) is 10.1. The Balaban J connectivity index is 1.81. The molecule has 1 heterocycles. The maximum atomic E-state index is 12.2. The third-order valence-electron chi connectivity index (χ3n) is 3.61. The van der Waals surface area contributed by atoms with Crippen molar-refractivity contribution in [2.24, 2.45) is 0 Å². The number of amides is 1. The van der Waals surface area contributed by atoms with Gasteiger partial charge in [-0.3, -0.25) is 10.1 Å². The summed E-state index contributed by atoms with van der Waals surface area (Å²) >= 11 is 1.36. The number of carbonyl (C=O) groups is 1. The van der Waals surface area contributed by atoms with E-state index in [-0.39, 0.29) is 12.3 Å². The Labute approximate surface area is 149 Å². The molecule has 3 aromatic rings. The number of nitrogens with one attached hydrogen (secondary N) is 1. The first-order chi connectivity index (χ1) is 12.2. The van der Waals surface area contributed by atoms with Crippen molar-refractivity contribution in [2.75, 3.05) is 12.4 Å². The molecule has 0 aliphatic heterocycles. The molecule has 3 rings (SSSR count). The Morgan fingerprint density at radius 3 is 2.80 bits per heavy atom. The molecule has 0 saturated heterocycles. The van der Waals surface area contributed by atoms with Crippen LogP contribution in [0.4, 0.5) is 5.13 Å². The lowest BCUT2D eigenvalue weighted by Gasteiger charge is -2.07. The van der Waals surface area contributed by atoms with E-state index in [2.05, 4.69) is 16.4 Å². The van der Waals surface area contributed by atoms with E-state index in [0.717, 1.165) is 16.8 Å². The molecule has 25 heavy (non-hydrogen) atoms. The largest absolute Gasteiger partial charge is 0.496 e. The molecule has 0 unspecified atom stereocenters. The van der Waals surface area contributed by atoms with Crippen LogP contribution in [0.1, 0.15) is 15.9 Å². The summed E-state index contributed by atoms with van der Waals surface area (Å²) in [6, 6.07) is 16.7. The minimum atomic E-state index is -0.193. The van der Waals surface area contributed by atoms with E-state index in [1.165, 1.54) is 11.3 Å². The molecule has 0 aliphatic rings. The number of nitrogens with zero attached hydrogens (tertiary/aromatic N) is 2. The van der Waals surface area contributed by atoms with Gasteiger partial charge in [0, 0.05) is 22.1 Å². The van der Waals surface area contributed by atoms with Crippen LogP contribution in [0.3, 0.4) is 0 Å². The third kappa shape index (κ3) is 3.84. The van der Waals surface area contributed by atoms with Crippen molar-refractivity contribution >= 4 is 22.4 Å². The van der Waals surface area contributed by atoms with Crippen molar-refractivity contribution in [3.63, 3.8) is 0 Å². The van der Waals surface area contributed by atoms with E-state index in [4.69, 9.17) is 10.00 Å². The minimum absolute atomic E-state index is 0.193. The molecule has 0 aliphatic carbocycles. The molecule has 0 bridgehead atoms. The maximum Gasteiger partial charge on any atom is 0.257 e. The van der Waals surface area contributed by atoms with E-state index in [9.17, 15) is 4.79 Å². The summed E-state index contributed by atoms with van der Waals surface area (Å²) < 4.78 is 5.27. The summed E-state index contributed by atoms with van der Waals surface area (Å²) in [5.41, 5.74) is 3.02. The number of hydrogen-bond acceptors (Lipinski definition) is 5. The van der Waals surface area contributed by atoms with Gasteiger partial charge in [0.05, 0.1) is 25.3 Å². The van der Waals surface area contributed by atoms with Gasteiger partial charge in [-0.15, -0.1) is 11.3 Å². The highest BCUT2D eigenvalue weighted by atomic mass is 32.1. The van der Waals surface area contributed by atoms with Crippen LogP contribution in [-0.2, 0) is 6.42 Å². The molecule has 0 radical (unpaired) electrons. The van der Waals surface area contributed by atoms with Crippen molar-refractivity contribution in [1.82, 2.24) is 4.98 Å². The molecule has 0 saturated carbocycles. The van der Waals surface area contributed by atoms with Crippen LogP contribution in [0, 0.1) is 11.3 Å². The molecule has 1 amide bonds. The number of thiazole rings is 1. The zero-order chi connectivity index (χ0) is 17.6. The zero-order valence-electron chi connectivity index (χ0n) is 13.5. The highest BCUT2D eigenvalue weighted by Crippen LogP contribution is 2.29. The first-order valence-electron chi connectivity index (χ1n) is 7.57. The van der Waals surface area contributed by atoms with Crippen LogP contribution in [0.25, 0.3) is 11.3 Å². The number of hydrogen-bond donors (Lipinski definition) is 1. The topological polar surface area (TPSA) is 75.0 Å². The third-order valence-corrected chi connectivity index (χ3v) is 4.36. The monoisotopic (exact) mass is 349 g/mol. The average molecular weight is 349 g/mol. The molecule has 1 N–H and O–H groups in total. The first-order valence-corrected chi connectivity index (χ1v) is 8.45. The Bertz CT molecular complexity index is 929. The Morgan fingerprint density at radius 2 is 2.08 bits per heavy atom. The van der Waals surface area contributed by atoms with Crippen molar-refractivity contribution in [3.8, 4) is 23.1 Å². The number of rotatable bonds is 5. The average Bonchev–Trinajstić information content (AvgIpc) is 3.11. The van der Waals surface area contributed by atoms with Gasteiger partial charge in [0.2, 0.25) is 0 Å². The highest BCUT2D eigenvalue weighted by molar-refractivity contribution is 7.14. The lowest BCUT2D eigenvalue weighted by atomic mass is 10.1. The van der Waals surface area contributed by atoms with Gasteiger partial charge >= 0.3 is 0 Å². The second-order valence-corrected chi connectivity index (χ2v) is 6.08. The molecule has 0 atom stereocenters. The summed E-state index contributed by atoms with van der Waals surface area (Å²) in [4.78, 5) is 16.7. The second kappa shape index (κ2) is 7.60. The summed E-state index contributed by atoms with van der Waals surface area (Å²) in [5, 5.41) is 14.2. The number of carbonyl (C=O) groups excluding carboxylic acids is 1. The lowest BCUT2D eigenvalue weighted by molar-refractivity contribution is 0.102. The van der Waals surface area contributed by atoms with E-state index < -0.39 is 0 Å². The summed E-state index contributed by atoms with van der Waals surface area (Å²) in [5.74, 6) is 0.486. The lowest BCUT2D eigenvalue weighted by Crippen LogP contribution is -2.11. The van der Waals surface area contributed by atoms with E-state index in [0.29, 0.717) is 16.4 Å². The van der Waals surface area contributed by atoms with Crippen LogP contribution in [0.5, 0.6) is 5.75 Å². The number of anilines is 1. The Morgan fingerprint density at radius 1 is 1.28 bits per heavy atom. The highest BCUT2D eigenvalue weighted by Gasteiger charge is 2.11. The molecule has 1 aromatic heterocycles. The first kappa shape index (κ1) is 16.7. The van der Waals surface area contributed by atoms with Gasteiger partial charge in [0.1, 0.15) is 5.75 Å². The van der Waals surface area contributed by atoms with Gasteiger partial charge in [0.25, 0.3) is 5.91 Å². The SMILES string of the molecule is COc1ccc(-c2csc(NC(=O)c3ccccc3)n2)cc1CC#N. The standard InChI is InChI=1S/C19H15N3O2S/c1-24-17-8-7-14(11-15(17)9-10-20)16-12-25-19(21-16)22-18(23)13-5-3-2-4-6-13/h2-8,11-12H,9H2,1H3,(H,21,22,23). The minimum Gasteiger partial charge on any atom is -0.496 e. The fraction of sp³-hybridized carbons (Fsp3) is 0.105. The number of ether oxygens (including phenoxy) is 1. The van der Waals surface area contributed by atoms with Gasteiger partial charge in [-0.2, -0.15) is 5.26 Å². The fourth-order valence-electron chi connectivity index (χ4n) is 2.38. The van der Waals surface area contributed by atoms with Crippen LogP contribution in [0.2, 0.25) is 0 Å². The number of methoxy groups -OCH3 is 1. The van der Waals surface area contributed by atoms with Gasteiger partial charge in [0.15, 0.2) is 5.13 Å². The van der Waals surface area contributed by atoms with E-state index in [1.54, 1.807) is 19.2 Å². The van der Waals surface area contributed by atoms with Crippen LogP contribution >= 0.6 is 11.3 Å². The molecule has 0 fully saturated rings. The van der Waals surface area contributed by atoms with E-state index >= 15 is 0 Å². The number of nitriles is 1. The molecule has 0 spiro atoms. The predicted octanol–water partition coefficient (Wildman–Crippen LogP) is 4.14. The van der Waals surface area contributed by atoms with E-state index in [1.807, 2.05) is 41.8 Å². The number of benzene rings is 2. The number of aromatic nitrogens is 1. The molecule has 5 nitrogen and oxygen atoms in total. The second-order valence-electron chi connectivity index (χ2n) is 5.22. The summed E-state index contributed by atoms with van der Waals surface area (Å²) in [7, 11) is 1.58. The molecule has 124 valence electrons. The molecule has 6 heteroatoms. The van der Waals surface area contributed by atoms with Crippen molar-refractivity contribution in [1.29, 1.82) is 5.26 Å². The van der Waals surface area contributed by atoms with Gasteiger partial charge in [-0.05, 0) is 30.3 Å². The van der Waals surface area contributed by atoms with Crippen molar-refractivity contribution in [2.45, 2.75) is 6.42 Å².